The molecule has 7 nitrogen and oxygen atoms in total. The summed E-state index contributed by atoms with van der Waals surface area (Å²) in [5.41, 5.74) is 1.21. The van der Waals surface area contributed by atoms with Crippen LogP contribution in [0, 0.1) is 10.1 Å². The van der Waals surface area contributed by atoms with E-state index in [9.17, 15) is 14.9 Å². The minimum absolute atomic E-state index is 0.0362. The predicted octanol–water partition coefficient (Wildman–Crippen LogP) is 3.45. The molecule has 23 heavy (non-hydrogen) atoms. The summed E-state index contributed by atoms with van der Waals surface area (Å²) in [6.45, 7) is 0. The highest BCUT2D eigenvalue weighted by molar-refractivity contribution is 7.98. The summed E-state index contributed by atoms with van der Waals surface area (Å²) in [6, 6.07) is 9.74. The molecule has 0 saturated heterocycles. The fourth-order valence-corrected chi connectivity index (χ4v) is 2.64. The molecule has 3 aromatic rings. The number of rotatable bonds is 4. The van der Waals surface area contributed by atoms with E-state index in [1.54, 1.807) is 30.5 Å². The van der Waals surface area contributed by atoms with Gasteiger partial charge in [0.1, 0.15) is 5.56 Å². The average Bonchev–Trinajstić information content (AvgIpc) is 3.01. The Morgan fingerprint density at radius 2 is 2.13 bits per heavy atom. The zero-order valence-corrected chi connectivity index (χ0v) is 12.9. The largest absolute Gasteiger partial charge is 0.322 e. The zero-order chi connectivity index (χ0) is 16.4. The molecule has 1 amide bonds. The lowest BCUT2D eigenvalue weighted by molar-refractivity contribution is -0.385. The first-order valence-electron chi connectivity index (χ1n) is 6.65. The van der Waals surface area contributed by atoms with Gasteiger partial charge in [0.25, 0.3) is 11.6 Å². The molecule has 0 fully saturated rings. The van der Waals surface area contributed by atoms with Crippen molar-refractivity contribution >= 4 is 39.9 Å². The molecular formula is C15H12N4O3S. The number of nitrogens with zero attached hydrogens (tertiary/aromatic N) is 2. The molecule has 0 bridgehead atoms. The van der Waals surface area contributed by atoms with Gasteiger partial charge < -0.3 is 5.32 Å². The van der Waals surface area contributed by atoms with Gasteiger partial charge in [0.2, 0.25) is 0 Å². The highest BCUT2D eigenvalue weighted by atomic mass is 32.2. The maximum atomic E-state index is 12.4. The van der Waals surface area contributed by atoms with Gasteiger partial charge in [-0.2, -0.15) is 5.10 Å². The van der Waals surface area contributed by atoms with Crippen LogP contribution >= 0.6 is 11.8 Å². The Kier molecular flexibility index (Phi) is 3.98. The van der Waals surface area contributed by atoms with E-state index < -0.39 is 10.8 Å². The number of nitrogens with one attached hydrogen (secondary N) is 2. The lowest BCUT2D eigenvalue weighted by atomic mass is 10.1. The quantitative estimate of drug-likeness (QED) is 0.434. The molecule has 1 aromatic heterocycles. The first-order chi connectivity index (χ1) is 11.1. The summed E-state index contributed by atoms with van der Waals surface area (Å²) in [6.07, 6.45) is 3.48. The predicted molar refractivity (Wildman–Crippen MR) is 88.9 cm³/mol. The van der Waals surface area contributed by atoms with Crippen LogP contribution in [-0.4, -0.2) is 27.3 Å². The van der Waals surface area contributed by atoms with Crippen molar-refractivity contribution in [2.45, 2.75) is 4.90 Å². The number of H-pyrrole nitrogens is 1. The highest BCUT2D eigenvalue weighted by Crippen LogP contribution is 2.26. The summed E-state index contributed by atoms with van der Waals surface area (Å²) in [5.74, 6) is -0.518. The monoisotopic (exact) mass is 328 g/mol. The number of fused-ring (bicyclic) bond motifs is 1. The molecule has 1 heterocycles. The zero-order valence-electron chi connectivity index (χ0n) is 12.1. The van der Waals surface area contributed by atoms with E-state index in [-0.39, 0.29) is 11.3 Å². The first-order valence-corrected chi connectivity index (χ1v) is 7.88. The Balaban J connectivity index is 1.94. The maximum Gasteiger partial charge on any atom is 0.282 e. The van der Waals surface area contributed by atoms with Crippen LogP contribution in [0.25, 0.3) is 10.9 Å². The minimum atomic E-state index is -0.557. The van der Waals surface area contributed by atoms with Gasteiger partial charge in [0.15, 0.2) is 0 Å². The molecule has 116 valence electrons. The number of hydrogen-bond acceptors (Lipinski definition) is 5. The van der Waals surface area contributed by atoms with Gasteiger partial charge in [0.05, 0.1) is 16.6 Å². The van der Waals surface area contributed by atoms with E-state index in [4.69, 9.17) is 0 Å². The molecule has 0 atom stereocenters. The first kappa shape index (κ1) is 15.0. The molecule has 3 rings (SSSR count). The number of amides is 1. The molecular weight excluding hydrogens is 316 g/mol. The lowest BCUT2D eigenvalue weighted by Gasteiger charge is -2.07. The third-order valence-electron chi connectivity index (χ3n) is 3.34. The molecule has 2 N–H and O–H groups in total. The molecule has 8 heteroatoms. The van der Waals surface area contributed by atoms with E-state index in [2.05, 4.69) is 15.5 Å². The van der Waals surface area contributed by atoms with Crippen LogP contribution < -0.4 is 5.32 Å². The Labute approximate surface area is 135 Å². The minimum Gasteiger partial charge on any atom is -0.322 e. The number of aromatic amines is 1. The third-order valence-corrected chi connectivity index (χ3v) is 4.07. The van der Waals surface area contributed by atoms with Crippen LogP contribution in [-0.2, 0) is 0 Å². The van der Waals surface area contributed by atoms with E-state index >= 15 is 0 Å². The summed E-state index contributed by atoms with van der Waals surface area (Å²) in [4.78, 5) is 23.8. The standard InChI is InChI=1S/C15H12N4O3S/c1-23-11-3-5-14(19(21)22)12(7-11)15(20)17-10-2-4-13-9(6-10)8-16-18-13/h2-8H,1H3,(H,16,18)(H,17,20). The van der Waals surface area contributed by atoms with Crippen molar-refractivity contribution in [1.82, 2.24) is 10.2 Å². The van der Waals surface area contributed by atoms with Crippen LogP contribution in [0.15, 0.2) is 47.5 Å². The van der Waals surface area contributed by atoms with Crippen LogP contribution in [0.3, 0.4) is 0 Å². The third kappa shape index (κ3) is 3.02. The number of thioether (sulfide) groups is 1. The number of anilines is 1. The normalized spacial score (nSPS) is 10.7. The van der Waals surface area contributed by atoms with Crippen molar-refractivity contribution in [1.29, 1.82) is 0 Å². The molecule has 2 aromatic carbocycles. The Bertz CT molecular complexity index is 907. The van der Waals surface area contributed by atoms with Gasteiger partial charge in [0, 0.05) is 22.0 Å². The summed E-state index contributed by atoms with van der Waals surface area (Å²) in [5, 5.41) is 21.4. The fourth-order valence-electron chi connectivity index (χ4n) is 2.20. The van der Waals surface area contributed by atoms with Crippen molar-refractivity contribution in [2.75, 3.05) is 11.6 Å². The van der Waals surface area contributed by atoms with Gasteiger partial charge in [-0.15, -0.1) is 11.8 Å². The Morgan fingerprint density at radius 1 is 1.30 bits per heavy atom. The molecule has 0 radical (unpaired) electrons. The second kappa shape index (κ2) is 6.09. The number of carbonyl (C=O) groups is 1. The van der Waals surface area contributed by atoms with Crippen LogP contribution in [0.5, 0.6) is 0 Å². The van der Waals surface area contributed by atoms with E-state index in [0.29, 0.717) is 5.69 Å². The van der Waals surface area contributed by atoms with Crippen LogP contribution in [0.2, 0.25) is 0 Å². The molecule has 0 saturated carbocycles. The Hall–Kier alpha value is -2.87. The topological polar surface area (TPSA) is 101 Å². The van der Waals surface area contributed by atoms with Gasteiger partial charge in [-0.1, -0.05) is 0 Å². The van der Waals surface area contributed by atoms with Crippen molar-refractivity contribution in [3.8, 4) is 0 Å². The maximum absolute atomic E-state index is 12.4. The van der Waals surface area contributed by atoms with Crippen molar-refractivity contribution in [2.24, 2.45) is 0 Å². The fraction of sp³-hybridized carbons (Fsp3) is 0.0667. The summed E-state index contributed by atoms with van der Waals surface area (Å²) in [7, 11) is 0. The van der Waals surface area contributed by atoms with Gasteiger partial charge >= 0.3 is 0 Å². The highest BCUT2D eigenvalue weighted by Gasteiger charge is 2.20. The molecule has 0 unspecified atom stereocenters. The second-order valence-electron chi connectivity index (χ2n) is 4.77. The number of benzene rings is 2. The number of hydrogen-bond donors (Lipinski definition) is 2. The number of carbonyl (C=O) groups excluding carboxylic acids is 1. The number of aromatic nitrogens is 2. The molecule has 0 aliphatic heterocycles. The van der Waals surface area contributed by atoms with Crippen LogP contribution in [0.1, 0.15) is 10.4 Å². The van der Waals surface area contributed by atoms with E-state index in [1.165, 1.54) is 23.9 Å². The molecule has 0 aliphatic carbocycles. The van der Waals surface area contributed by atoms with Crippen molar-refractivity contribution in [3.05, 3.63) is 58.3 Å². The summed E-state index contributed by atoms with van der Waals surface area (Å²) < 4.78 is 0. The van der Waals surface area contributed by atoms with Crippen LogP contribution in [0.4, 0.5) is 11.4 Å². The Morgan fingerprint density at radius 3 is 2.87 bits per heavy atom. The SMILES string of the molecule is CSc1ccc([N+](=O)[O-])c(C(=O)Nc2ccc3[nH]ncc3c2)c1. The number of nitro benzene ring substituents is 1. The van der Waals surface area contributed by atoms with Gasteiger partial charge in [-0.3, -0.25) is 20.0 Å². The second-order valence-corrected chi connectivity index (χ2v) is 5.65. The van der Waals surface area contributed by atoms with Crippen molar-refractivity contribution in [3.63, 3.8) is 0 Å². The molecule has 0 aliphatic rings. The lowest BCUT2D eigenvalue weighted by Crippen LogP contribution is -2.14. The molecule has 0 spiro atoms. The van der Waals surface area contributed by atoms with E-state index in [1.807, 2.05) is 6.26 Å². The smallest absolute Gasteiger partial charge is 0.282 e. The van der Waals surface area contributed by atoms with Gasteiger partial charge in [-0.25, -0.2) is 0 Å². The van der Waals surface area contributed by atoms with Crippen molar-refractivity contribution < 1.29 is 9.72 Å². The van der Waals surface area contributed by atoms with E-state index in [0.717, 1.165) is 15.8 Å². The number of nitro groups is 1. The summed E-state index contributed by atoms with van der Waals surface area (Å²) >= 11 is 1.42. The van der Waals surface area contributed by atoms with Gasteiger partial charge in [-0.05, 0) is 36.6 Å². The average molecular weight is 328 g/mol.